The first-order valence-corrected chi connectivity index (χ1v) is 5.62. The van der Waals surface area contributed by atoms with E-state index in [9.17, 15) is 13.2 Å². The molecule has 0 fully saturated rings. The Hall–Kier alpha value is -1.76. The molecule has 0 amide bonds. The van der Waals surface area contributed by atoms with E-state index in [-0.39, 0.29) is 5.69 Å². The average Bonchev–Trinajstić information content (AvgIpc) is 1.99. The van der Waals surface area contributed by atoms with Crippen LogP contribution in [-0.4, -0.2) is 25.2 Å². The Morgan fingerprint density at radius 1 is 1.47 bits per heavy atom. The topological polar surface area (TPSA) is 109 Å². The van der Waals surface area contributed by atoms with E-state index in [1.165, 1.54) is 12.1 Å². The lowest BCUT2D eigenvalue weighted by atomic mass is 10.3. The molecule has 0 aliphatic carbocycles. The molecule has 15 heavy (non-hydrogen) atoms. The Morgan fingerprint density at radius 3 is 2.67 bits per heavy atom. The highest BCUT2D eigenvalue weighted by Crippen LogP contribution is 2.13. The van der Waals surface area contributed by atoms with Crippen molar-refractivity contribution in [3.63, 3.8) is 0 Å². The normalized spacial score (nSPS) is 10.9. The minimum atomic E-state index is -3.86. The van der Waals surface area contributed by atoms with Gasteiger partial charge in [0.1, 0.15) is 0 Å². The molecular formula is C8H10N2O4S. The van der Waals surface area contributed by atoms with E-state index in [0.29, 0.717) is 5.69 Å². The number of carboxylic acid groups (broad SMARTS) is 1. The van der Waals surface area contributed by atoms with Crippen molar-refractivity contribution < 1.29 is 18.3 Å². The van der Waals surface area contributed by atoms with Gasteiger partial charge in [-0.1, -0.05) is 6.07 Å². The van der Waals surface area contributed by atoms with Gasteiger partial charge >= 0.3 is 5.97 Å². The Labute approximate surface area is 86.8 Å². The van der Waals surface area contributed by atoms with Gasteiger partial charge in [-0.15, -0.1) is 0 Å². The number of rotatable bonds is 4. The van der Waals surface area contributed by atoms with Crippen LogP contribution in [0, 0.1) is 0 Å². The highest BCUT2D eigenvalue weighted by Gasteiger charge is 2.15. The maximum absolute atomic E-state index is 11.2. The molecule has 6 nitrogen and oxygen atoms in total. The molecule has 0 aliphatic heterocycles. The van der Waals surface area contributed by atoms with Gasteiger partial charge in [0.05, 0.1) is 5.69 Å². The SMILES string of the molecule is Nc1cccc(NS(=O)(=O)CC(=O)O)c1. The molecule has 1 aromatic rings. The Bertz CT molecular complexity index is 469. The zero-order valence-electron chi connectivity index (χ0n) is 7.67. The molecule has 0 saturated carbocycles. The summed E-state index contributed by atoms with van der Waals surface area (Å²) >= 11 is 0. The number of anilines is 2. The third kappa shape index (κ3) is 3.86. The summed E-state index contributed by atoms with van der Waals surface area (Å²) in [5.41, 5.74) is 6.07. The van der Waals surface area contributed by atoms with Gasteiger partial charge in [0.25, 0.3) is 0 Å². The van der Waals surface area contributed by atoms with Gasteiger partial charge in [0.2, 0.25) is 10.0 Å². The van der Waals surface area contributed by atoms with Gasteiger partial charge in [-0.25, -0.2) is 8.42 Å². The minimum absolute atomic E-state index is 0.247. The number of nitrogens with two attached hydrogens (primary N) is 1. The number of carboxylic acids is 1. The number of aliphatic carboxylic acids is 1. The van der Waals surface area contributed by atoms with E-state index in [1.54, 1.807) is 12.1 Å². The minimum Gasteiger partial charge on any atom is -0.480 e. The van der Waals surface area contributed by atoms with Crippen LogP contribution in [0.1, 0.15) is 0 Å². The molecule has 1 aromatic carbocycles. The summed E-state index contributed by atoms with van der Waals surface area (Å²) in [5, 5.41) is 8.34. The standard InChI is InChI=1S/C8H10N2O4S/c9-6-2-1-3-7(4-6)10-15(13,14)5-8(11)12/h1-4,10H,5,9H2,(H,11,12). The van der Waals surface area contributed by atoms with E-state index in [2.05, 4.69) is 4.72 Å². The predicted molar refractivity (Wildman–Crippen MR) is 55.9 cm³/mol. The summed E-state index contributed by atoms with van der Waals surface area (Å²) in [6.45, 7) is 0. The van der Waals surface area contributed by atoms with Gasteiger partial charge in [-0.2, -0.15) is 0 Å². The molecule has 1 rings (SSSR count). The van der Waals surface area contributed by atoms with Gasteiger partial charge in [0, 0.05) is 5.69 Å². The largest absolute Gasteiger partial charge is 0.480 e. The summed E-state index contributed by atoms with van der Waals surface area (Å²) in [6, 6.07) is 6.04. The Balaban J connectivity index is 2.82. The highest BCUT2D eigenvalue weighted by molar-refractivity contribution is 7.93. The molecule has 0 saturated heterocycles. The summed E-state index contributed by atoms with van der Waals surface area (Å²) in [4.78, 5) is 10.2. The molecule has 0 atom stereocenters. The molecule has 0 heterocycles. The predicted octanol–water partition coefficient (Wildman–Crippen LogP) is 0.0951. The number of nitrogens with one attached hydrogen (secondary N) is 1. The second-order valence-electron chi connectivity index (χ2n) is 2.88. The number of sulfonamides is 1. The lowest BCUT2D eigenvalue weighted by Crippen LogP contribution is -2.22. The van der Waals surface area contributed by atoms with Gasteiger partial charge < -0.3 is 10.8 Å². The van der Waals surface area contributed by atoms with E-state index < -0.39 is 21.7 Å². The molecule has 0 spiro atoms. The van der Waals surface area contributed by atoms with E-state index in [0.717, 1.165) is 0 Å². The van der Waals surface area contributed by atoms with E-state index in [4.69, 9.17) is 10.8 Å². The van der Waals surface area contributed by atoms with Gasteiger partial charge in [-0.3, -0.25) is 9.52 Å². The Morgan fingerprint density at radius 2 is 2.13 bits per heavy atom. The number of carbonyl (C=O) groups is 1. The molecule has 82 valence electrons. The molecule has 0 aromatic heterocycles. The van der Waals surface area contributed by atoms with Crippen molar-refractivity contribution in [2.45, 2.75) is 0 Å². The number of hydrogen-bond acceptors (Lipinski definition) is 4. The Kier molecular flexibility index (Phi) is 3.15. The first kappa shape index (κ1) is 11.3. The zero-order chi connectivity index (χ0) is 11.5. The number of hydrogen-bond donors (Lipinski definition) is 3. The van der Waals surface area contributed by atoms with Crippen LogP contribution in [0.4, 0.5) is 11.4 Å². The van der Waals surface area contributed by atoms with Crippen molar-refractivity contribution >= 4 is 27.4 Å². The van der Waals surface area contributed by atoms with Crippen LogP contribution in [-0.2, 0) is 14.8 Å². The fraction of sp³-hybridized carbons (Fsp3) is 0.125. The fourth-order valence-corrected chi connectivity index (χ4v) is 1.86. The van der Waals surface area contributed by atoms with Crippen molar-refractivity contribution in [2.75, 3.05) is 16.2 Å². The molecule has 0 radical (unpaired) electrons. The second-order valence-corrected chi connectivity index (χ2v) is 4.60. The number of benzene rings is 1. The van der Waals surface area contributed by atoms with Crippen LogP contribution in [0.25, 0.3) is 0 Å². The fourth-order valence-electron chi connectivity index (χ4n) is 0.980. The lowest BCUT2D eigenvalue weighted by Gasteiger charge is -2.05. The van der Waals surface area contributed by atoms with Crippen molar-refractivity contribution in [2.24, 2.45) is 0 Å². The number of nitrogen functional groups attached to an aromatic ring is 1. The maximum Gasteiger partial charge on any atom is 0.320 e. The van der Waals surface area contributed by atoms with Crippen LogP contribution in [0.5, 0.6) is 0 Å². The molecule has 0 unspecified atom stereocenters. The van der Waals surface area contributed by atoms with Crippen LogP contribution < -0.4 is 10.5 Å². The van der Waals surface area contributed by atoms with Crippen LogP contribution in [0.2, 0.25) is 0 Å². The summed E-state index contributed by atoms with van der Waals surface area (Å²) in [5.74, 6) is -2.38. The van der Waals surface area contributed by atoms with Crippen LogP contribution in [0.3, 0.4) is 0 Å². The van der Waals surface area contributed by atoms with Crippen molar-refractivity contribution in [1.82, 2.24) is 0 Å². The van der Waals surface area contributed by atoms with E-state index in [1.807, 2.05) is 0 Å². The van der Waals surface area contributed by atoms with Gasteiger partial charge in [0.15, 0.2) is 5.75 Å². The summed E-state index contributed by atoms with van der Waals surface area (Å²) < 4.78 is 24.5. The van der Waals surface area contributed by atoms with Crippen LogP contribution >= 0.6 is 0 Å². The van der Waals surface area contributed by atoms with Crippen LogP contribution in [0.15, 0.2) is 24.3 Å². The molecule has 0 aliphatic rings. The average molecular weight is 230 g/mol. The second kappa shape index (κ2) is 4.18. The summed E-state index contributed by atoms with van der Waals surface area (Å²) in [6.07, 6.45) is 0. The van der Waals surface area contributed by atoms with Crippen molar-refractivity contribution in [3.05, 3.63) is 24.3 Å². The van der Waals surface area contributed by atoms with E-state index >= 15 is 0 Å². The van der Waals surface area contributed by atoms with Gasteiger partial charge in [-0.05, 0) is 18.2 Å². The third-order valence-electron chi connectivity index (χ3n) is 1.47. The molecular weight excluding hydrogens is 220 g/mol. The first-order valence-electron chi connectivity index (χ1n) is 3.97. The van der Waals surface area contributed by atoms with Crippen molar-refractivity contribution in [3.8, 4) is 0 Å². The smallest absolute Gasteiger partial charge is 0.320 e. The molecule has 0 bridgehead atoms. The third-order valence-corrected chi connectivity index (χ3v) is 2.65. The molecule has 7 heteroatoms. The zero-order valence-corrected chi connectivity index (χ0v) is 8.49. The molecule has 4 N–H and O–H groups in total. The monoisotopic (exact) mass is 230 g/mol. The maximum atomic E-state index is 11.2. The lowest BCUT2D eigenvalue weighted by molar-refractivity contribution is -0.134. The first-order chi connectivity index (χ1) is 6.89. The quantitative estimate of drug-likeness (QED) is 0.635. The summed E-state index contributed by atoms with van der Waals surface area (Å²) in [7, 11) is -3.86. The van der Waals surface area contributed by atoms with Crippen molar-refractivity contribution in [1.29, 1.82) is 0 Å². The highest BCUT2D eigenvalue weighted by atomic mass is 32.2.